The summed E-state index contributed by atoms with van der Waals surface area (Å²) in [5.74, 6) is 0.430. The molecule has 1 aromatic heterocycles. The van der Waals surface area contributed by atoms with Crippen LogP contribution in [0.5, 0.6) is 0 Å². The zero-order valence-corrected chi connectivity index (χ0v) is 20.0. The van der Waals surface area contributed by atoms with Crippen molar-refractivity contribution in [3.63, 3.8) is 0 Å². The smallest absolute Gasteiger partial charge is 0.228 e. The number of amides is 1. The fourth-order valence-electron chi connectivity index (χ4n) is 3.80. The van der Waals surface area contributed by atoms with Crippen molar-refractivity contribution >= 4 is 63.7 Å². The molecular weight excluding hydrogens is 491 g/mol. The van der Waals surface area contributed by atoms with E-state index in [9.17, 15) is 10.1 Å². The molecule has 7 nitrogen and oxygen atoms in total. The number of hydrogen-bond acceptors (Lipinski definition) is 5. The third-order valence-electron chi connectivity index (χ3n) is 5.30. The Morgan fingerprint density at radius 1 is 1.31 bits per heavy atom. The Morgan fingerprint density at radius 3 is 2.72 bits per heavy atom. The first kappa shape index (κ1) is 22.9. The van der Waals surface area contributed by atoms with Gasteiger partial charge in [0.1, 0.15) is 0 Å². The van der Waals surface area contributed by atoms with Crippen LogP contribution in [0, 0.1) is 11.5 Å². The molecule has 1 N–H and O–H groups in total. The molecule has 0 saturated carbocycles. The van der Waals surface area contributed by atoms with Gasteiger partial charge in [-0.15, -0.1) is 11.3 Å². The Labute approximate surface area is 204 Å². The van der Waals surface area contributed by atoms with Crippen LogP contribution in [0.3, 0.4) is 0 Å². The molecule has 32 heavy (non-hydrogen) atoms. The van der Waals surface area contributed by atoms with Crippen molar-refractivity contribution in [2.75, 3.05) is 19.6 Å². The number of likely N-dealkylation sites (tertiary alicyclic amines) is 1. The van der Waals surface area contributed by atoms with E-state index in [1.807, 2.05) is 29.3 Å². The maximum Gasteiger partial charge on any atom is 0.228 e. The molecule has 0 radical (unpaired) electrons. The van der Waals surface area contributed by atoms with Crippen LogP contribution in [0.1, 0.15) is 24.0 Å². The monoisotopic (exact) mass is 508 g/mol. The van der Waals surface area contributed by atoms with E-state index in [0.29, 0.717) is 52.1 Å². The second kappa shape index (κ2) is 10.1. The molecule has 0 spiro atoms. The van der Waals surface area contributed by atoms with E-state index in [0.717, 1.165) is 23.3 Å². The summed E-state index contributed by atoms with van der Waals surface area (Å²) in [4.78, 5) is 18.9. The van der Waals surface area contributed by atoms with Crippen molar-refractivity contribution in [3.05, 3.63) is 55.2 Å². The van der Waals surface area contributed by atoms with Gasteiger partial charge in [-0.1, -0.05) is 46.9 Å². The fourth-order valence-corrected chi connectivity index (χ4v) is 5.47. The summed E-state index contributed by atoms with van der Waals surface area (Å²) >= 11 is 19.6. The van der Waals surface area contributed by atoms with E-state index in [1.165, 1.54) is 11.3 Å². The van der Waals surface area contributed by atoms with Crippen LogP contribution in [0.2, 0.25) is 13.7 Å². The minimum absolute atomic E-state index is 0.106. The number of thiophene rings is 1. The Hall–Kier alpha value is -2.31. The van der Waals surface area contributed by atoms with Crippen LogP contribution in [-0.4, -0.2) is 53.2 Å². The summed E-state index contributed by atoms with van der Waals surface area (Å²) in [6.45, 7) is 1.48. The normalized spacial score (nSPS) is 18.8. The summed E-state index contributed by atoms with van der Waals surface area (Å²) < 4.78 is 1.26. The Bertz CT molecular complexity index is 1110. The third-order valence-corrected chi connectivity index (χ3v) is 7.12. The van der Waals surface area contributed by atoms with E-state index in [1.54, 1.807) is 17.1 Å². The molecule has 1 saturated heterocycles. The Balaban J connectivity index is 1.59. The largest absolute Gasteiger partial charge is 0.332 e. The summed E-state index contributed by atoms with van der Waals surface area (Å²) in [6, 6.07) is 8.95. The molecule has 0 bridgehead atoms. The van der Waals surface area contributed by atoms with Gasteiger partial charge in [-0.05, 0) is 36.6 Å². The van der Waals surface area contributed by atoms with E-state index in [2.05, 4.69) is 10.3 Å². The van der Waals surface area contributed by atoms with Crippen LogP contribution in [0.15, 0.2) is 40.4 Å². The molecule has 1 unspecified atom stereocenters. The number of nitrogens with zero attached hydrogens (tertiary/aromatic N) is 5. The average Bonchev–Trinajstić information content (AvgIpc) is 3.46. The minimum Gasteiger partial charge on any atom is -0.332 e. The van der Waals surface area contributed by atoms with Crippen molar-refractivity contribution in [1.82, 2.24) is 15.2 Å². The van der Waals surface area contributed by atoms with Crippen LogP contribution >= 0.6 is 46.1 Å². The van der Waals surface area contributed by atoms with Crippen molar-refractivity contribution in [3.8, 4) is 6.19 Å². The second-order valence-corrected chi connectivity index (χ2v) is 10.0. The number of aliphatic imine (C=N–C) groups is 1. The van der Waals surface area contributed by atoms with Gasteiger partial charge < -0.3 is 4.90 Å². The van der Waals surface area contributed by atoms with Crippen LogP contribution in [-0.2, 0) is 11.2 Å². The number of halogens is 3. The molecule has 4 rings (SSSR count). The fraction of sp³-hybridized carbons (Fsp3) is 0.333. The molecule has 1 fully saturated rings. The van der Waals surface area contributed by atoms with E-state index in [4.69, 9.17) is 39.9 Å². The first-order valence-electron chi connectivity index (χ1n) is 10.0. The van der Waals surface area contributed by atoms with Gasteiger partial charge in [-0.3, -0.25) is 15.1 Å². The van der Waals surface area contributed by atoms with Crippen molar-refractivity contribution in [2.45, 2.75) is 25.3 Å². The van der Waals surface area contributed by atoms with Crippen LogP contribution in [0.25, 0.3) is 0 Å². The molecule has 166 valence electrons. The first-order chi connectivity index (χ1) is 15.5. The number of hydrogen-bond donors (Lipinski definition) is 1. The summed E-state index contributed by atoms with van der Waals surface area (Å²) in [5, 5.41) is 18.9. The number of hydrazone groups is 1. The predicted octanol–water partition coefficient (Wildman–Crippen LogP) is 4.39. The molecule has 2 aliphatic rings. The highest BCUT2D eigenvalue weighted by Gasteiger charge is 2.38. The zero-order valence-electron chi connectivity index (χ0n) is 16.9. The molecule has 1 amide bonds. The SMILES string of the molecule is N#CNC(=NCCc1cc(Cl)sc1Cl)N1CC(N2CCCC2=O)C(c2ccc(Cl)cc2)=N1. The molecular formula is C21H19Cl3N6OS. The number of carbonyl (C=O) groups excluding carboxylic acids is 1. The van der Waals surface area contributed by atoms with Gasteiger partial charge in [0.05, 0.1) is 27.0 Å². The first-order valence-corrected chi connectivity index (χ1v) is 12.0. The number of benzene rings is 1. The summed E-state index contributed by atoms with van der Waals surface area (Å²) in [7, 11) is 0. The van der Waals surface area contributed by atoms with E-state index >= 15 is 0 Å². The number of rotatable bonds is 5. The lowest BCUT2D eigenvalue weighted by Crippen LogP contribution is -2.45. The molecule has 0 aliphatic carbocycles. The average molecular weight is 510 g/mol. The topological polar surface area (TPSA) is 84.1 Å². The van der Waals surface area contributed by atoms with Gasteiger partial charge in [-0.25, -0.2) is 5.01 Å². The maximum atomic E-state index is 12.5. The highest BCUT2D eigenvalue weighted by molar-refractivity contribution is 7.20. The molecule has 3 heterocycles. The van der Waals surface area contributed by atoms with Gasteiger partial charge in [0.15, 0.2) is 6.19 Å². The molecule has 1 aromatic carbocycles. The highest BCUT2D eigenvalue weighted by Crippen LogP contribution is 2.31. The van der Waals surface area contributed by atoms with Crippen LogP contribution < -0.4 is 5.32 Å². The van der Waals surface area contributed by atoms with Crippen LogP contribution in [0.4, 0.5) is 0 Å². The lowest BCUT2D eigenvalue weighted by molar-refractivity contribution is -0.128. The van der Waals surface area contributed by atoms with Crippen molar-refractivity contribution < 1.29 is 4.79 Å². The van der Waals surface area contributed by atoms with Gasteiger partial charge in [0.25, 0.3) is 0 Å². The minimum atomic E-state index is -0.234. The lowest BCUT2D eigenvalue weighted by Gasteiger charge is -2.25. The van der Waals surface area contributed by atoms with E-state index in [-0.39, 0.29) is 11.9 Å². The maximum absolute atomic E-state index is 12.5. The standard InChI is InChI=1S/C21H19Cl3N6OS/c22-15-5-3-13(4-6-15)19-16(29-9-1-2-18(29)31)11-30(28-19)21(27-12-25)26-8-7-14-10-17(23)32-20(14)24/h3-6,10,16H,1-2,7-9,11H2,(H,26,27). The van der Waals surface area contributed by atoms with Gasteiger partial charge >= 0.3 is 0 Å². The third kappa shape index (κ3) is 5.02. The van der Waals surface area contributed by atoms with E-state index < -0.39 is 0 Å². The molecule has 11 heteroatoms. The zero-order chi connectivity index (χ0) is 22.7. The molecule has 1 atom stereocenters. The Kier molecular flexibility index (Phi) is 7.21. The number of guanidine groups is 1. The quantitative estimate of drug-likeness (QED) is 0.280. The van der Waals surface area contributed by atoms with Gasteiger partial charge in [0.2, 0.25) is 11.9 Å². The number of nitrogens with one attached hydrogen (secondary N) is 1. The van der Waals surface area contributed by atoms with Gasteiger partial charge in [-0.2, -0.15) is 10.4 Å². The second-order valence-electron chi connectivity index (χ2n) is 7.32. The van der Waals surface area contributed by atoms with Crippen molar-refractivity contribution in [2.24, 2.45) is 10.1 Å². The summed E-state index contributed by atoms with van der Waals surface area (Å²) in [5.41, 5.74) is 2.53. The highest BCUT2D eigenvalue weighted by atomic mass is 35.5. The Morgan fingerprint density at radius 2 is 2.09 bits per heavy atom. The van der Waals surface area contributed by atoms with Gasteiger partial charge in [0, 0.05) is 30.1 Å². The molecule has 2 aliphatic heterocycles. The predicted molar refractivity (Wildman–Crippen MR) is 129 cm³/mol. The van der Waals surface area contributed by atoms with Crippen molar-refractivity contribution in [1.29, 1.82) is 5.26 Å². The summed E-state index contributed by atoms with van der Waals surface area (Å²) in [6.07, 6.45) is 3.86. The lowest BCUT2D eigenvalue weighted by atomic mass is 10.0. The molecule has 2 aromatic rings. The number of nitriles is 1. The number of carbonyl (C=O) groups is 1.